The SMILES string of the molecule is CN(CCCCC(=O)[C@H](O)[C@@H](O)C(=O)NCCCN(C)CCCNS(=O)(=O)c1cccc(C2CN(C)Cc3c(Cl)cc(Cl)cc32)c1)CCCCS(=O)(=O)c1cccc(C2CN(C)Cc3c(Cl)cc(Cl)cc32)c1. The van der Waals surface area contributed by atoms with E-state index in [1.807, 2.05) is 57.4 Å². The standard InChI is InChI=1S/C52H68Cl4N6O8S2/c1-59(21-7-8-24-71(67,68)39-15-9-13-35(25-39)43-31-61(3)33-45-41(43)27-37(53)29-47(45)55)20-6-5-17-49(63)50(64)51(65)52(66)57-18-11-22-60(2)23-12-19-58-72(69,70)40-16-10-14-36(26-40)44-32-62(4)34-46-42(44)28-38(54)30-48(46)56/h9-10,13-16,25-30,43-44,50-51,58,64-65H,5-8,11-12,17-24,31-34H2,1-4H3,(H,57,66)/t43?,44?,50-,51+/m0/s1. The molecule has 0 radical (unpaired) electrons. The summed E-state index contributed by atoms with van der Waals surface area (Å²) in [6.45, 7) is 5.64. The number of aliphatic hydroxyl groups is 2. The molecule has 0 spiro atoms. The quantitative estimate of drug-likeness (QED) is 0.0466. The van der Waals surface area contributed by atoms with Crippen LogP contribution >= 0.6 is 46.4 Å². The summed E-state index contributed by atoms with van der Waals surface area (Å²) in [4.78, 5) is 34.1. The number of aliphatic hydroxyl groups excluding tert-OH is 2. The van der Waals surface area contributed by atoms with Crippen molar-refractivity contribution in [3.8, 4) is 0 Å². The van der Waals surface area contributed by atoms with Gasteiger partial charge in [0.1, 0.15) is 6.10 Å². The third kappa shape index (κ3) is 15.9. The van der Waals surface area contributed by atoms with Crippen LogP contribution in [0, 0.1) is 0 Å². The molecule has 2 unspecified atom stereocenters. The third-order valence-electron chi connectivity index (χ3n) is 13.5. The molecule has 2 heterocycles. The summed E-state index contributed by atoms with van der Waals surface area (Å²) in [5.74, 6) is -1.62. The molecular weight excluding hydrogens is 1040 g/mol. The number of nitrogens with zero attached hydrogens (tertiary/aromatic N) is 4. The minimum atomic E-state index is -3.79. The van der Waals surface area contributed by atoms with Crippen LogP contribution in [-0.2, 0) is 42.5 Å². The Balaban J connectivity index is 0.818. The van der Waals surface area contributed by atoms with Crippen LogP contribution in [0.5, 0.6) is 0 Å². The number of sulfone groups is 1. The number of unbranched alkanes of at least 4 members (excludes halogenated alkanes) is 2. The van der Waals surface area contributed by atoms with Crippen molar-refractivity contribution in [3.05, 3.63) is 126 Å². The Hall–Kier alpha value is -3.20. The molecule has 0 bridgehead atoms. The first kappa shape index (κ1) is 58.1. The number of carbonyl (C=O) groups is 2. The summed E-state index contributed by atoms with van der Waals surface area (Å²) in [6, 6.07) is 21.4. The lowest BCUT2D eigenvalue weighted by Crippen LogP contribution is -2.46. The number of likely N-dealkylation sites (N-methyl/N-ethyl adjacent to an activating group) is 2. The lowest BCUT2D eigenvalue weighted by molar-refractivity contribution is -0.144. The Morgan fingerprint density at radius 2 is 1.14 bits per heavy atom. The Bertz CT molecular complexity index is 2570. The maximum absolute atomic E-state index is 13.4. The Morgan fingerprint density at radius 3 is 1.69 bits per heavy atom. The van der Waals surface area contributed by atoms with Crippen LogP contribution in [0.2, 0.25) is 20.1 Å². The van der Waals surface area contributed by atoms with Gasteiger partial charge in [0.2, 0.25) is 10.0 Å². The number of nitrogens with one attached hydrogen (secondary N) is 2. The molecule has 4 N–H and O–H groups in total. The van der Waals surface area contributed by atoms with Crippen molar-refractivity contribution in [2.24, 2.45) is 0 Å². The number of rotatable bonds is 26. The molecule has 0 saturated carbocycles. The monoisotopic (exact) mass is 1110 g/mol. The predicted octanol–water partition coefficient (Wildman–Crippen LogP) is 7.21. The second-order valence-electron chi connectivity index (χ2n) is 19.4. The van der Waals surface area contributed by atoms with Crippen molar-refractivity contribution in [1.29, 1.82) is 0 Å². The van der Waals surface area contributed by atoms with Gasteiger partial charge in [-0.2, -0.15) is 0 Å². The number of Topliss-reactive ketones (excluding diaryl/α,β-unsaturated/α-hetero) is 1. The largest absolute Gasteiger partial charge is 0.382 e. The molecule has 2 aliphatic rings. The van der Waals surface area contributed by atoms with E-state index in [9.17, 15) is 36.6 Å². The van der Waals surface area contributed by atoms with Crippen LogP contribution < -0.4 is 10.0 Å². The maximum Gasteiger partial charge on any atom is 0.252 e. The molecule has 6 rings (SSSR count). The zero-order chi connectivity index (χ0) is 52.3. The number of amides is 1. The van der Waals surface area contributed by atoms with Crippen LogP contribution in [0.1, 0.15) is 90.2 Å². The molecule has 4 atom stereocenters. The summed E-state index contributed by atoms with van der Waals surface area (Å²) < 4.78 is 56.2. The highest BCUT2D eigenvalue weighted by molar-refractivity contribution is 7.91. The van der Waals surface area contributed by atoms with Crippen molar-refractivity contribution < 1.29 is 36.6 Å². The summed E-state index contributed by atoms with van der Waals surface area (Å²) in [7, 11) is 0.500. The molecule has 4 aromatic rings. The van der Waals surface area contributed by atoms with Gasteiger partial charge in [-0.1, -0.05) is 70.7 Å². The van der Waals surface area contributed by atoms with Gasteiger partial charge < -0.3 is 35.1 Å². The van der Waals surface area contributed by atoms with Gasteiger partial charge in [-0.3, -0.25) is 9.59 Å². The van der Waals surface area contributed by atoms with E-state index in [2.05, 4.69) is 24.7 Å². The molecule has 72 heavy (non-hydrogen) atoms. The number of hydrogen-bond donors (Lipinski definition) is 4. The normalized spacial score (nSPS) is 17.4. The fourth-order valence-corrected chi connectivity index (χ4v) is 13.2. The van der Waals surface area contributed by atoms with Crippen molar-refractivity contribution >= 4 is 78.0 Å². The minimum Gasteiger partial charge on any atom is -0.382 e. The summed E-state index contributed by atoms with van der Waals surface area (Å²) in [5, 5.41) is 25.7. The molecule has 0 aromatic heterocycles. The van der Waals surface area contributed by atoms with Gasteiger partial charge in [-0.05, 0) is 175 Å². The van der Waals surface area contributed by atoms with Crippen LogP contribution in [0.3, 0.4) is 0 Å². The fraction of sp³-hybridized carbons (Fsp3) is 0.500. The van der Waals surface area contributed by atoms with Crippen LogP contribution in [0.25, 0.3) is 0 Å². The van der Waals surface area contributed by atoms with Crippen LogP contribution in [0.4, 0.5) is 0 Å². The zero-order valence-corrected chi connectivity index (χ0v) is 46.1. The van der Waals surface area contributed by atoms with Crippen molar-refractivity contribution in [3.63, 3.8) is 0 Å². The summed E-state index contributed by atoms with van der Waals surface area (Å²) in [6.07, 6.45) is -0.483. The molecule has 394 valence electrons. The highest BCUT2D eigenvalue weighted by Gasteiger charge is 2.31. The highest BCUT2D eigenvalue weighted by atomic mass is 35.5. The van der Waals surface area contributed by atoms with E-state index in [-0.39, 0.29) is 46.9 Å². The zero-order valence-electron chi connectivity index (χ0n) is 41.4. The second-order valence-corrected chi connectivity index (χ2v) is 25.0. The summed E-state index contributed by atoms with van der Waals surface area (Å²) in [5.41, 5.74) is 5.74. The van der Waals surface area contributed by atoms with E-state index in [1.54, 1.807) is 48.5 Å². The molecule has 4 aromatic carbocycles. The van der Waals surface area contributed by atoms with Gasteiger partial charge in [0.25, 0.3) is 5.91 Å². The first-order valence-electron chi connectivity index (χ1n) is 24.4. The number of sulfonamides is 1. The molecule has 1 amide bonds. The van der Waals surface area contributed by atoms with Crippen molar-refractivity contribution in [2.75, 3.05) is 86.3 Å². The van der Waals surface area contributed by atoms with E-state index >= 15 is 0 Å². The number of carbonyl (C=O) groups excluding carboxylic acids is 2. The van der Waals surface area contributed by atoms with E-state index in [0.717, 1.165) is 33.4 Å². The van der Waals surface area contributed by atoms with Crippen LogP contribution in [0.15, 0.2) is 82.6 Å². The van der Waals surface area contributed by atoms with Gasteiger partial charge >= 0.3 is 0 Å². The molecule has 14 nitrogen and oxygen atoms in total. The van der Waals surface area contributed by atoms with Gasteiger partial charge in [0.05, 0.1) is 15.5 Å². The molecule has 0 saturated heterocycles. The predicted molar refractivity (Wildman–Crippen MR) is 287 cm³/mol. The van der Waals surface area contributed by atoms with E-state index in [4.69, 9.17) is 46.4 Å². The number of halogens is 4. The molecule has 0 fully saturated rings. The molecule has 0 aliphatic carbocycles. The van der Waals surface area contributed by atoms with Gasteiger partial charge in [0.15, 0.2) is 21.7 Å². The van der Waals surface area contributed by atoms with Gasteiger partial charge in [0, 0.05) is 77.6 Å². The van der Waals surface area contributed by atoms with Gasteiger partial charge in [-0.25, -0.2) is 21.6 Å². The molecule has 2 aliphatic heterocycles. The van der Waals surface area contributed by atoms with E-state index < -0.39 is 43.8 Å². The minimum absolute atomic E-state index is 0.00839. The lowest BCUT2D eigenvalue weighted by atomic mass is 9.85. The smallest absolute Gasteiger partial charge is 0.252 e. The highest BCUT2D eigenvalue weighted by Crippen LogP contribution is 2.40. The second kappa shape index (κ2) is 26.5. The topological polar surface area (TPSA) is 180 Å². The number of ketones is 1. The lowest BCUT2D eigenvalue weighted by Gasteiger charge is -2.33. The maximum atomic E-state index is 13.4. The van der Waals surface area contributed by atoms with E-state index in [1.165, 1.54) is 0 Å². The van der Waals surface area contributed by atoms with Gasteiger partial charge in [-0.15, -0.1) is 0 Å². The number of benzene rings is 4. The summed E-state index contributed by atoms with van der Waals surface area (Å²) >= 11 is 25.8. The Kier molecular flexibility index (Phi) is 21.4. The van der Waals surface area contributed by atoms with Crippen LogP contribution in [-0.4, -0.2) is 157 Å². The number of fused-ring (bicyclic) bond motifs is 2. The fourth-order valence-electron chi connectivity index (χ4n) is 9.55. The first-order chi connectivity index (χ1) is 34.1. The van der Waals surface area contributed by atoms with Crippen molar-refractivity contribution in [1.82, 2.24) is 29.6 Å². The Morgan fingerprint density at radius 1 is 0.653 bits per heavy atom. The Labute approximate surface area is 445 Å². The number of hydrogen-bond acceptors (Lipinski definition) is 12. The van der Waals surface area contributed by atoms with E-state index in [0.29, 0.717) is 111 Å². The molecular formula is C52H68Cl4N6O8S2. The molecule has 20 heteroatoms. The van der Waals surface area contributed by atoms with Crippen molar-refractivity contribution in [2.45, 2.75) is 91.9 Å². The average molecular weight is 1110 g/mol. The average Bonchev–Trinajstić information content (AvgIpc) is 3.34. The first-order valence-corrected chi connectivity index (χ1v) is 29.1. The third-order valence-corrected chi connectivity index (χ3v) is 17.9.